The van der Waals surface area contributed by atoms with Crippen LogP contribution in [0.4, 0.5) is 0 Å². The van der Waals surface area contributed by atoms with Crippen LogP contribution in [0.25, 0.3) is 0 Å². The summed E-state index contributed by atoms with van der Waals surface area (Å²) in [6.45, 7) is 8.64. The number of fused-ring (bicyclic) bond motifs is 1. The van der Waals surface area contributed by atoms with Crippen LogP contribution >= 0.6 is 0 Å². The predicted molar refractivity (Wildman–Crippen MR) is 71.3 cm³/mol. The Balaban J connectivity index is 1.69. The average molecular weight is 251 g/mol. The largest absolute Gasteiger partial charge is 0.336 e. The molecule has 4 atom stereocenters. The van der Waals surface area contributed by atoms with Gasteiger partial charge in [-0.3, -0.25) is 9.69 Å². The highest BCUT2D eigenvalue weighted by molar-refractivity contribution is 5.83. The first-order chi connectivity index (χ1) is 8.66. The van der Waals surface area contributed by atoms with Crippen molar-refractivity contribution in [3.8, 4) is 0 Å². The molecular weight excluding hydrogens is 226 g/mol. The van der Waals surface area contributed by atoms with E-state index in [9.17, 15) is 4.79 Å². The second kappa shape index (κ2) is 4.82. The molecule has 3 fully saturated rings. The van der Waals surface area contributed by atoms with E-state index in [1.54, 1.807) is 0 Å². The van der Waals surface area contributed by atoms with Gasteiger partial charge in [0.1, 0.15) is 0 Å². The highest BCUT2D eigenvalue weighted by Gasteiger charge is 2.40. The number of carbonyl (C=O) groups excluding carboxylic acids is 1. The van der Waals surface area contributed by atoms with Crippen LogP contribution in [-0.2, 0) is 4.79 Å². The van der Waals surface area contributed by atoms with Crippen LogP contribution in [0.5, 0.6) is 0 Å². The van der Waals surface area contributed by atoms with Gasteiger partial charge in [-0.2, -0.15) is 0 Å². The fourth-order valence-electron chi connectivity index (χ4n) is 3.84. The first-order valence-electron chi connectivity index (χ1n) is 7.44. The van der Waals surface area contributed by atoms with Crippen molar-refractivity contribution in [2.75, 3.05) is 26.2 Å². The summed E-state index contributed by atoms with van der Waals surface area (Å²) in [7, 11) is 0. The van der Waals surface area contributed by atoms with Gasteiger partial charge in [0.15, 0.2) is 0 Å². The summed E-state index contributed by atoms with van der Waals surface area (Å²) in [4.78, 5) is 17.4. The Hall–Kier alpha value is -0.610. The van der Waals surface area contributed by atoms with Crippen molar-refractivity contribution >= 4 is 5.91 Å². The maximum atomic E-state index is 12.7. The molecule has 3 heterocycles. The fourth-order valence-corrected chi connectivity index (χ4v) is 3.84. The quantitative estimate of drug-likeness (QED) is 0.744. The second-order valence-electron chi connectivity index (χ2n) is 6.33. The lowest BCUT2D eigenvalue weighted by molar-refractivity contribution is -0.139. The molecule has 0 aromatic heterocycles. The van der Waals surface area contributed by atoms with Crippen LogP contribution in [0.2, 0.25) is 0 Å². The van der Waals surface area contributed by atoms with Gasteiger partial charge in [0.2, 0.25) is 5.91 Å². The zero-order valence-corrected chi connectivity index (χ0v) is 11.6. The molecule has 1 amide bonds. The van der Waals surface area contributed by atoms with Crippen molar-refractivity contribution in [2.24, 2.45) is 5.92 Å². The van der Waals surface area contributed by atoms with Crippen LogP contribution in [0.1, 0.15) is 33.1 Å². The summed E-state index contributed by atoms with van der Waals surface area (Å²) in [5.74, 6) is 0.838. The van der Waals surface area contributed by atoms with E-state index in [1.165, 1.54) is 19.4 Å². The van der Waals surface area contributed by atoms with Crippen molar-refractivity contribution in [1.29, 1.82) is 0 Å². The van der Waals surface area contributed by atoms with Gasteiger partial charge in [0.25, 0.3) is 0 Å². The molecule has 102 valence electrons. The van der Waals surface area contributed by atoms with Gasteiger partial charge in [-0.05, 0) is 45.2 Å². The molecule has 0 aromatic rings. The molecule has 3 aliphatic rings. The number of rotatable bonds is 1. The third kappa shape index (κ3) is 2.05. The molecule has 4 nitrogen and oxygen atoms in total. The molecule has 3 saturated heterocycles. The van der Waals surface area contributed by atoms with Gasteiger partial charge < -0.3 is 10.2 Å². The SMILES string of the molecule is CC1CCNC1C(=O)N1CC2CCCN2CC1C. The summed E-state index contributed by atoms with van der Waals surface area (Å²) in [5.41, 5.74) is 0. The molecule has 4 heteroatoms. The van der Waals surface area contributed by atoms with E-state index in [0.29, 0.717) is 23.9 Å². The first kappa shape index (κ1) is 12.4. The van der Waals surface area contributed by atoms with Gasteiger partial charge in [0.05, 0.1) is 6.04 Å². The molecule has 3 rings (SSSR count). The molecule has 0 spiro atoms. The van der Waals surface area contributed by atoms with Gasteiger partial charge in [-0.1, -0.05) is 6.92 Å². The summed E-state index contributed by atoms with van der Waals surface area (Å²) in [6.07, 6.45) is 3.70. The van der Waals surface area contributed by atoms with E-state index in [4.69, 9.17) is 0 Å². The number of hydrogen-bond acceptors (Lipinski definition) is 3. The fraction of sp³-hybridized carbons (Fsp3) is 0.929. The van der Waals surface area contributed by atoms with Crippen LogP contribution in [0.3, 0.4) is 0 Å². The van der Waals surface area contributed by atoms with Crippen molar-refractivity contribution < 1.29 is 4.79 Å². The molecule has 0 aromatic carbocycles. The lowest BCUT2D eigenvalue weighted by Crippen LogP contribution is -2.60. The maximum Gasteiger partial charge on any atom is 0.240 e. The van der Waals surface area contributed by atoms with Crippen LogP contribution < -0.4 is 5.32 Å². The molecule has 18 heavy (non-hydrogen) atoms. The Morgan fingerprint density at radius 1 is 1.22 bits per heavy atom. The number of nitrogens with one attached hydrogen (secondary N) is 1. The monoisotopic (exact) mass is 251 g/mol. The van der Waals surface area contributed by atoms with E-state index in [0.717, 1.165) is 26.1 Å². The minimum Gasteiger partial charge on any atom is -0.336 e. The van der Waals surface area contributed by atoms with Crippen molar-refractivity contribution in [3.05, 3.63) is 0 Å². The minimum atomic E-state index is 0.0698. The zero-order valence-electron chi connectivity index (χ0n) is 11.6. The number of amides is 1. The summed E-state index contributed by atoms with van der Waals surface area (Å²) in [6, 6.07) is 1.07. The van der Waals surface area contributed by atoms with Crippen LogP contribution in [0.15, 0.2) is 0 Å². The Labute approximate surface area is 110 Å². The Morgan fingerprint density at radius 2 is 2.06 bits per heavy atom. The van der Waals surface area contributed by atoms with Crippen molar-refractivity contribution in [2.45, 2.75) is 51.2 Å². The number of carbonyl (C=O) groups is 1. The van der Waals surface area contributed by atoms with Crippen molar-refractivity contribution in [3.63, 3.8) is 0 Å². The predicted octanol–water partition coefficient (Wildman–Crippen LogP) is 0.680. The lowest BCUT2D eigenvalue weighted by Gasteiger charge is -2.43. The molecule has 0 radical (unpaired) electrons. The second-order valence-corrected chi connectivity index (χ2v) is 6.33. The summed E-state index contributed by atoms with van der Waals surface area (Å²) >= 11 is 0. The van der Waals surface area contributed by atoms with E-state index in [1.807, 2.05) is 0 Å². The molecule has 0 saturated carbocycles. The molecule has 3 aliphatic heterocycles. The Kier molecular flexibility index (Phi) is 3.32. The normalized spacial score (nSPS) is 41.1. The minimum absolute atomic E-state index is 0.0698. The highest BCUT2D eigenvalue weighted by atomic mass is 16.2. The van der Waals surface area contributed by atoms with E-state index < -0.39 is 0 Å². The smallest absolute Gasteiger partial charge is 0.240 e. The van der Waals surface area contributed by atoms with Gasteiger partial charge in [-0.25, -0.2) is 0 Å². The van der Waals surface area contributed by atoms with Gasteiger partial charge in [-0.15, -0.1) is 0 Å². The van der Waals surface area contributed by atoms with Gasteiger partial charge in [0, 0.05) is 25.2 Å². The standard InChI is InChI=1S/C14H25N3O/c1-10-5-6-15-13(10)14(18)17-9-12-4-3-7-16(12)8-11(17)2/h10-13,15H,3-9H2,1-2H3. The van der Waals surface area contributed by atoms with Crippen LogP contribution in [-0.4, -0.2) is 60.0 Å². The molecular formula is C14H25N3O. The molecule has 0 aliphatic carbocycles. The number of nitrogens with zero attached hydrogens (tertiary/aromatic N) is 2. The van der Waals surface area contributed by atoms with Crippen LogP contribution in [0, 0.1) is 5.92 Å². The number of hydrogen-bond donors (Lipinski definition) is 1. The third-order valence-corrected chi connectivity index (χ3v) is 5.02. The Morgan fingerprint density at radius 3 is 2.78 bits per heavy atom. The third-order valence-electron chi connectivity index (χ3n) is 5.02. The average Bonchev–Trinajstić information content (AvgIpc) is 2.95. The first-order valence-corrected chi connectivity index (χ1v) is 7.44. The highest BCUT2D eigenvalue weighted by Crippen LogP contribution is 2.26. The van der Waals surface area contributed by atoms with E-state index >= 15 is 0 Å². The van der Waals surface area contributed by atoms with Crippen molar-refractivity contribution in [1.82, 2.24) is 15.1 Å². The number of piperazine rings is 1. The maximum absolute atomic E-state index is 12.7. The lowest BCUT2D eigenvalue weighted by atomic mass is 9.99. The zero-order chi connectivity index (χ0) is 12.7. The molecule has 1 N–H and O–H groups in total. The molecule has 4 unspecified atom stereocenters. The molecule has 0 bridgehead atoms. The van der Waals surface area contributed by atoms with E-state index in [2.05, 4.69) is 29.0 Å². The summed E-state index contributed by atoms with van der Waals surface area (Å²) in [5, 5.41) is 3.38. The Bertz CT molecular complexity index is 333. The van der Waals surface area contributed by atoms with Gasteiger partial charge >= 0.3 is 0 Å². The topological polar surface area (TPSA) is 35.6 Å². The van der Waals surface area contributed by atoms with E-state index in [-0.39, 0.29) is 6.04 Å². The summed E-state index contributed by atoms with van der Waals surface area (Å²) < 4.78 is 0.